The standard InChI is InChI=1S/C13H15BrClNS/c1-2-16(6-5-15)9-12-8-10-7-11(14)3-4-13(10)17-12/h3-4,7-8H,2,5-6,9H2,1H3/p+1. The van der Waals surface area contributed by atoms with Gasteiger partial charge in [-0.3, -0.25) is 0 Å². The van der Waals surface area contributed by atoms with Crippen molar-refractivity contribution in [2.45, 2.75) is 13.5 Å². The van der Waals surface area contributed by atoms with Crippen LogP contribution < -0.4 is 4.90 Å². The van der Waals surface area contributed by atoms with Crippen LogP contribution in [-0.4, -0.2) is 19.0 Å². The van der Waals surface area contributed by atoms with Crippen LogP contribution in [-0.2, 0) is 6.54 Å². The average Bonchev–Trinajstić information content (AvgIpc) is 2.69. The Bertz CT molecular complexity index is 497. The molecule has 1 aromatic carbocycles. The lowest BCUT2D eigenvalue weighted by Crippen LogP contribution is -3.10. The van der Waals surface area contributed by atoms with Gasteiger partial charge in [0.25, 0.3) is 0 Å². The van der Waals surface area contributed by atoms with Gasteiger partial charge in [-0.05, 0) is 36.6 Å². The lowest BCUT2D eigenvalue weighted by atomic mass is 10.2. The van der Waals surface area contributed by atoms with Crippen LogP contribution in [0.3, 0.4) is 0 Å². The highest BCUT2D eigenvalue weighted by molar-refractivity contribution is 9.10. The van der Waals surface area contributed by atoms with Crippen molar-refractivity contribution >= 4 is 49.0 Å². The van der Waals surface area contributed by atoms with E-state index < -0.39 is 0 Å². The van der Waals surface area contributed by atoms with Crippen molar-refractivity contribution in [3.8, 4) is 0 Å². The minimum Gasteiger partial charge on any atom is -0.330 e. The number of thiophene rings is 1. The van der Waals surface area contributed by atoms with Crippen molar-refractivity contribution in [1.29, 1.82) is 0 Å². The number of fused-ring (bicyclic) bond motifs is 1. The molecule has 0 aliphatic heterocycles. The van der Waals surface area contributed by atoms with Gasteiger partial charge in [0, 0.05) is 9.17 Å². The lowest BCUT2D eigenvalue weighted by molar-refractivity contribution is -0.909. The molecule has 4 heteroatoms. The summed E-state index contributed by atoms with van der Waals surface area (Å²) in [4.78, 5) is 2.99. The van der Waals surface area contributed by atoms with E-state index in [-0.39, 0.29) is 0 Å². The molecule has 0 spiro atoms. The van der Waals surface area contributed by atoms with Gasteiger partial charge in [-0.25, -0.2) is 0 Å². The molecule has 0 saturated heterocycles. The van der Waals surface area contributed by atoms with Gasteiger partial charge in [-0.2, -0.15) is 0 Å². The van der Waals surface area contributed by atoms with Gasteiger partial charge in [0.2, 0.25) is 0 Å². The van der Waals surface area contributed by atoms with Gasteiger partial charge in [0.1, 0.15) is 6.54 Å². The van der Waals surface area contributed by atoms with Crippen molar-refractivity contribution in [2.75, 3.05) is 19.0 Å². The third kappa shape index (κ3) is 3.44. The van der Waals surface area contributed by atoms with Gasteiger partial charge in [0.15, 0.2) is 0 Å². The largest absolute Gasteiger partial charge is 0.330 e. The number of alkyl halides is 1. The van der Waals surface area contributed by atoms with Crippen LogP contribution in [0, 0.1) is 0 Å². The van der Waals surface area contributed by atoms with E-state index in [0.29, 0.717) is 0 Å². The molecule has 2 rings (SSSR count). The maximum Gasteiger partial charge on any atom is 0.112 e. The van der Waals surface area contributed by atoms with Crippen LogP contribution in [0.2, 0.25) is 0 Å². The van der Waals surface area contributed by atoms with E-state index in [1.807, 2.05) is 11.3 Å². The predicted molar refractivity (Wildman–Crippen MR) is 80.3 cm³/mol. The van der Waals surface area contributed by atoms with Crippen molar-refractivity contribution in [1.82, 2.24) is 0 Å². The number of halogens is 2. The Hall–Kier alpha value is -0.0900. The second-order valence-corrected chi connectivity index (χ2v) is 6.58. The number of hydrogen-bond donors (Lipinski definition) is 1. The molecular weight excluding hydrogens is 318 g/mol. The Morgan fingerprint density at radius 3 is 2.88 bits per heavy atom. The Balaban J connectivity index is 2.18. The van der Waals surface area contributed by atoms with E-state index in [4.69, 9.17) is 11.6 Å². The zero-order valence-electron chi connectivity index (χ0n) is 9.80. The number of quaternary nitrogens is 1. The van der Waals surface area contributed by atoms with Crippen molar-refractivity contribution < 1.29 is 4.90 Å². The van der Waals surface area contributed by atoms with Crippen LogP contribution in [0.4, 0.5) is 0 Å². The second-order valence-electron chi connectivity index (χ2n) is 4.11. The first-order valence-corrected chi connectivity index (χ1v) is 7.95. The molecule has 0 saturated carbocycles. The fourth-order valence-corrected chi connectivity index (χ4v) is 3.69. The molecular formula is C13H16BrClNS+. The number of hydrogen-bond acceptors (Lipinski definition) is 1. The lowest BCUT2D eigenvalue weighted by Gasteiger charge is -2.14. The van der Waals surface area contributed by atoms with Crippen LogP contribution in [0.25, 0.3) is 10.1 Å². The highest BCUT2D eigenvalue weighted by Crippen LogP contribution is 2.27. The topological polar surface area (TPSA) is 4.44 Å². The van der Waals surface area contributed by atoms with Gasteiger partial charge >= 0.3 is 0 Å². The molecule has 0 amide bonds. The molecule has 1 unspecified atom stereocenters. The number of benzene rings is 1. The molecule has 1 heterocycles. The highest BCUT2D eigenvalue weighted by atomic mass is 79.9. The maximum atomic E-state index is 5.82. The predicted octanol–water partition coefficient (Wildman–Crippen LogP) is 3.31. The summed E-state index contributed by atoms with van der Waals surface area (Å²) in [7, 11) is 0. The summed E-state index contributed by atoms with van der Waals surface area (Å²) in [5.41, 5.74) is 0. The first-order valence-electron chi connectivity index (χ1n) is 5.80. The third-order valence-corrected chi connectivity index (χ3v) is 4.70. The fourth-order valence-electron chi connectivity index (χ4n) is 1.93. The molecule has 0 fully saturated rings. The fraction of sp³-hybridized carbons (Fsp3) is 0.385. The Kier molecular flexibility index (Phi) is 4.86. The quantitative estimate of drug-likeness (QED) is 0.801. The summed E-state index contributed by atoms with van der Waals surface area (Å²) in [6.07, 6.45) is 0. The van der Waals surface area contributed by atoms with Crippen LogP contribution in [0.1, 0.15) is 11.8 Å². The Morgan fingerprint density at radius 2 is 2.18 bits per heavy atom. The van der Waals surface area contributed by atoms with E-state index in [1.54, 1.807) is 4.90 Å². The van der Waals surface area contributed by atoms with E-state index in [0.717, 1.165) is 30.0 Å². The van der Waals surface area contributed by atoms with Crippen LogP contribution in [0.15, 0.2) is 28.7 Å². The molecule has 0 radical (unpaired) electrons. The zero-order chi connectivity index (χ0) is 12.3. The minimum atomic E-state index is 0.736. The molecule has 0 aliphatic rings. The summed E-state index contributed by atoms with van der Waals surface area (Å²) < 4.78 is 2.51. The van der Waals surface area contributed by atoms with E-state index >= 15 is 0 Å². The summed E-state index contributed by atoms with van der Waals surface area (Å²) in [5, 5.41) is 1.33. The summed E-state index contributed by atoms with van der Waals surface area (Å²) in [5.74, 6) is 0.736. The normalized spacial score (nSPS) is 13.1. The summed E-state index contributed by atoms with van der Waals surface area (Å²) in [6, 6.07) is 8.77. The van der Waals surface area contributed by atoms with Gasteiger partial charge in [-0.15, -0.1) is 22.9 Å². The molecule has 1 nitrogen and oxygen atoms in total. The number of rotatable bonds is 5. The van der Waals surface area contributed by atoms with E-state index in [9.17, 15) is 0 Å². The molecule has 1 aromatic heterocycles. The first kappa shape index (κ1) is 13.3. The zero-order valence-corrected chi connectivity index (χ0v) is 13.0. The Labute approximate surface area is 120 Å². The van der Waals surface area contributed by atoms with E-state index in [1.165, 1.54) is 15.0 Å². The molecule has 2 aromatic rings. The second kappa shape index (κ2) is 6.19. The van der Waals surface area contributed by atoms with Gasteiger partial charge < -0.3 is 4.90 Å². The molecule has 1 atom stereocenters. The SMILES string of the molecule is CC[NH+](CCCl)Cc1cc2cc(Br)ccc2s1. The van der Waals surface area contributed by atoms with E-state index in [2.05, 4.69) is 47.1 Å². The van der Waals surface area contributed by atoms with Crippen molar-refractivity contribution in [3.63, 3.8) is 0 Å². The van der Waals surface area contributed by atoms with Crippen molar-refractivity contribution in [3.05, 3.63) is 33.6 Å². The van der Waals surface area contributed by atoms with Crippen LogP contribution >= 0.6 is 38.9 Å². The smallest absolute Gasteiger partial charge is 0.112 e. The molecule has 1 N–H and O–H groups in total. The average molecular weight is 334 g/mol. The third-order valence-electron chi connectivity index (χ3n) is 2.90. The van der Waals surface area contributed by atoms with Crippen LogP contribution in [0.5, 0.6) is 0 Å². The number of nitrogens with one attached hydrogen (secondary N) is 1. The van der Waals surface area contributed by atoms with Crippen molar-refractivity contribution in [2.24, 2.45) is 0 Å². The molecule has 0 bridgehead atoms. The molecule has 0 aliphatic carbocycles. The first-order chi connectivity index (χ1) is 8.22. The van der Waals surface area contributed by atoms with Gasteiger partial charge in [0.05, 0.1) is 23.8 Å². The maximum absolute atomic E-state index is 5.82. The molecule has 92 valence electrons. The Morgan fingerprint density at radius 1 is 1.35 bits per heavy atom. The monoisotopic (exact) mass is 332 g/mol. The van der Waals surface area contributed by atoms with Gasteiger partial charge in [-0.1, -0.05) is 15.9 Å². The molecule has 17 heavy (non-hydrogen) atoms. The highest BCUT2D eigenvalue weighted by Gasteiger charge is 2.09. The summed E-state index contributed by atoms with van der Waals surface area (Å²) in [6.45, 7) is 5.46. The summed E-state index contributed by atoms with van der Waals surface area (Å²) >= 11 is 11.2. The minimum absolute atomic E-state index is 0.736.